The van der Waals surface area contributed by atoms with Crippen molar-refractivity contribution in [2.24, 2.45) is 0 Å². The van der Waals surface area contributed by atoms with E-state index in [1.165, 1.54) is 4.31 Å². The fourth-order valence-corrected chi connectivity index (χ4v) is 3.90. The quantitative estimate of drug-likeness (QED) is 0.643. The normalized spacial score (nSPS) is 22.5. The second-order valence-electron chi connectivity index (χ2n) is 4.87. The molecule has 0 aromatic rings. The molecule has 1 rings (SSSR count). The lowest BCUT2D eigenvalue weighted by atomic mass is 10.2. The standard InChI is InChI=1S/C11H24N2O3S/c1-10(2)12-6-4-8-17(15,16)13-7-3-5-11(13)9-14/h10-12,14H,3-9H2,1-2H3. The van der Waals surface area contributed by atoms with E-state index < -0.39 is 10.0 Å². The molecule has 1 saturated heterocycles. The molecule has 0 aliphatic carbocycles. The molecule has 1 atom stereocenters. The first kappa shape index (κ1) is 14.9. The minimum absolute atomic E-state index is 0.0660. The lowest BCUT2D eigenvalue weighted by Gasteiger charge is -2.22. The summed E-state index contributed by atoms with van der Waals surface area (Å²) in [5, 5.41) is 12.3. The van der Waals surface area contributed by atoms with Crippen molar-refractivity contribution in [1.82, 2.24) is 9.62 Å². The van der Waals surface area contributed by atoms with Crippen LogP contribution in [0, 0.1) is 0 Å². The Morgan fingerprint density at radius 1 is 1.47 bits per heavy atom. The molecule has 0 bridgehead atoms. The van der Waals surface area contributed by atoms with Gasteiger partial charge in [-0.15, -0.1) is 0 Å². The highest BCUT2D eigenvalue weighted by Crippen LogP contribution is 2.21. The van der Waals surface area contributed by atoms with Crippen molar-refractivity contribution in [1.29, 1.82) is 0 Å². The van der Waals surface area contributed by atoms with Gasteiger partial charge in [-0.3, -0.25) is 0 Å². The third kappa shape index (κ3) is 4.54. The van der Waals surface area contributed by atoms with E-state index in [1.54, 1.807) is 0 Å². The molecule has 1 heterocycles. The maximum absolute atomic E-state index is 12.0. The Hall–Kier alpha value is -0.170. The van der Waals surface area contributed by atoms with Gasteiger partial charge in [-0.25, -0.2) is 8.42 Å². The first-order valence-corrected chi connectivity index (χ1v) is 7.92. The second-order valence-corrected chi connectivity index (χ2v) is 6.91. The number of nitrogens with one attached hydrogen (secondary N) is 1. The number of aliphatic hydroxyl groups is 1. The fraction of sp³-hybridized carbons (Fsp3) is 1.00. The van der Waals surface area contributed by atoms with Gasteiger partial charge >= 0.3 is 0 Å². The summed E-state index contributed by atoms with van der Waals surface area (Å²) < 4.78 is 25.5. The summed E-state index contributed by atoms with van der Waals surface area (Å²) in [5.41, 5.74) is 0. The molecule has 1 unspecified atom stereocenters. The zero-order valence-electron chi connectivity index (χ0n) is 10.7. The number of nitrogens with zero attached hydrogens (tertiary/aromatic N) is 1. The van der Waals surface area contributed by atoms with Crippen LogP contribution in [0.25, 0.3) is 0 Å². The van der Waals surface area contributed by atoms with Crippen LogP contribution in [0.15, 0.2) is 0 Å². The summed E-state index contributed by atoms with van der Waals surface area (Å²) >= 11 is 0. The lowest BCUT2D eigenvalue weighted by Crippen LogP contribution is -2.39. The third-order valence-corrected chi connectivity index (χ3v) is 5.02. The van der Waals surface area contributed by atoms with Crippen molar-refractivity contribution in [3.8, 4) is 0 Å². The largest absolute Gasteiger partial charge is 0.395 e. The molecular weight excluding hydrogens is 240 g/mol. The molecule has 6 heteroatoms. The minimum atomic E-state index is -3.19. The summed E-state index contributed by atoms with van der Waals surface area (Å²) in [6.45, 7) is 5.29. The van der Waals surface area contributed by atoms with Gasteiger partial charge in [-0.2, -0.15) is 4.31 Å². The third-order valence-electron chi connectivity index (χ3n) is 3.02. The van der Waals surface area contributed by atoms with Gasteiger partial charge in [0.15, 0.2) is 0 Å². The Balaban J connectivity index is 2.40. The summed E-state index contributed by atoms with van der Waals surface area (Å²) in [5.74, 6) is 0.170. The molecule has 0 radical (unpaired) electrons. The zero-order chi connectivity index (χ0) is 12.9. The summed E-state index contributed by atoms with van der Waals surface area (Å²) in [4.78, 5) is 0. The molecule has 17 heavy (non-hydrogen) atoms. The summed E-state index contributed by atoms with van der Waals surface area (Å²) in [6.07, 6.45) is 2.25. The molecular formula is C11H24N2O3S. The number of hydrogen-bond donors (Lipinski definition) is 2. The molecule has 102 valence electrons. The maximum atomic E-state index is 12.0. The van der Waals surface area contributed by atoms with Crippen molar-refractivity contribution >= 4 is 10.0 Å². The van der Waals surface area contributed by atoms with E-state index in [-0.39, 0.29) is 18.4 Å². The molecule has 0 spiro atoms. The van der Waals surface area contributed by atoms with E-state index in [0.717, 1.165) is 12.8 Å². The van der Waals surface area contributed by atoms with Gasteiger partial charge in [0.25, 0.3) is 0 Å². The molecule has 0 amide bonds. The van der Waals surface area contributed by atoms with Crippen molar-refractivity contribution < 1.29 is 13.5 Å². The number of aliphatic hydroxyl groups excluding tert-OH is 1. The first-order valence-electron chi connectivity index (χ1n) is 6.31. The Bertz CT molecular complexity index is 317. The van der Waals surface area contributed by atoms with Gasteiger partial charge < -0.3 is 10.4 Å². The average molecular weight is 264 g/mol. The molecule has 0 aromatic heterocycles. The molecule has 2 N–H and O–H groups in total. The molecule has 5 nitrogen and oxygen atoms in total. The maximum Gasteiger partial charge on any atom is 0.214 e. The molecule has 1 aliphatic rings. The van der Waals surface area contributed by atoms with Crippen LogP contribution >= 0.6 is 0 Å². The van der Waals surface area contributed by atoms with Gasteiger partial charge in [-0.1, -0.05) is 13.8 Å². The van der Waals surface area contributed by atoms with Gasteiger partial charge in [0, 0.05) is 18.6 Å². The van der Waals surface area contributed by atoms with E-state index >= 15 is 0 Å². The Kier molecular flexibility index (Phi) is 5.85. The Labute approximate surface area is 104 Å². The smallest absolute Gasteiger partial charge is 0.214 e. The highest BCUT2D eigenvalue weighted by atomic mass is 32.2. The van der Waals surface area contributed by atoms with Crippen molar-refractivity contribution in [3.63, 3.8) is 0 Å². The van der Waals surface area contributed by atoms with Crippen LogP contribution in [0.4, 0.5) is 0 Å². The minimum Gasteiger partial charge on any atom is -0.395 e. The fourth-order valence-electron chi connectivity index (χ4n) is 2.12. The van der Waals surface area contributed by atoms with E-state index in [4.69, 9.17) is 5.11 Å². The topological polar surface area (TPSA) is 69.6 Å². The van der Waals surface area contributed by atoms with Crippen molar-refractivity contribution in [3.05, 3.63) is 0 Å². The number of hydrogen-bond acceptors (Lipinski definition) is 4. The van der Waals surface area contributed by atoms with Crippen LogP contribution in [-0.2, 0) is 10.0 Å². The predicted octanol–water partition coefficient (Wildman–Crippen LogP) is 0.161. The van der Waals surface area contributed by atoms with Crippen LogP contribution in [0.5, 0.6) is 0 Å². The average Bonchev–Trinajstić information content (AvgIpc) is 2.73. The van der Waals surface area contributed by atoms with Crippen molar-refractivity contribution in [2.75, 3.05) is 25.4 Å². The predicted molar refractivity (Wildman–Crippen MR) is 68.4 cm³/mol. The zero-order valence-corrected chi connectivity index (χ0v) is 11.5. The van der Waals surface area contributed by atoms with E-state index in [2.05, 4.69) is 5.32 Å². The van der Waals surface area contributed by atoms with Crippen LogP contribution < -0.4 is 5.32 Å². The number of sulfonamides is 1. The molecule has 1 fully saturated rings. The van der Waals surface area contributed by atoms with Gasteiger partial charge in [-0.05, 0) is 25.8 Å². The van der Waals surface area contributed by atoms with Crippen LogP contribution in [0.1, 0.15) is 33.1 Å². The SMILES string of the molecule is CC(C)NCCCS(=O)(=O)N1CCCC1CO. The van der Waals surface area contributed by atoms with Gasteiger partial charge in [0.2, 0.25) is 10.0 Å². The van der Waals surface area contributed by atoms with Crippen molar-refractivity contribution in [2.45, 2.75) is 45.2 Å². The Morgan fingerprint density at radius 3 is 2.76 bits per heavy atom. The van der Waals surface area contributed by atoms with E-state index in [1.807, 2.05) is 13.8 Å². The van der Waals surface area contributed by atoms with Gasteiger partial charge in [0.1, 0.15) is 0 Å². The van der Waals surface area contributed by atoms with Crippen LogP contribution in [0.2, 0.25) is 0 Å². The summed E-state index contributed by atoms with van der Waals surface area (Å²) in [6, 6.07) is 0.188. The molecule has 1 aliphatic heterocycles. The van der Waals surface area contributed by atoms with Crippen LogP contribution in [0.3, 0.4) is 0 Å². The van der Waals surface area contributed by atoms with Crippen LogP contribution in [-0.4, -0.2) is 55.4 Å². The lowest BCUT2D eigenvalue weighted by molar-refractivity contribution is 0.213. The first-order chi connectivity index (χ1) is 7.97. The second kappa shape index (κ2) is 6.68. The molecule has 0 aromatic carbocycles. The number of rotatable bonds is 7. The van der Waals surface area contributed by atoms with E-state index in [9.17, 15) is 8.42 Å². The monoisotopic (exact) mass is 264 g/mol. The molecule has 0 saturated carbocycles. The highest BCUT2D eigenvalue weighted by molar-refractivity contribution is 7.89. The van der Waals surface area contributed by atoms with E-state index in [0.29, 0.717) is 25.6 Å². The van der Waals surface area contributed by atoms with Gasteiger partial charge in [0.05, 0.1) is 12.4 Å². The highest BCUT2D eigenvalue weighted by Gasteiger charge is 2.32. The summed E-state index contributed by atoms with van der Waals surface area (Å²) in [7, 11) is -3.19. The Morgan fingerprint density at radius 2 is 2.18 bits per heavy atom.